The van der Waals surface area contributed by atoms with Gasteiger partial charge in [-0.2, -0.15) is 0 Å². The van der Waals surface area contributed by atoms with E-state index in [1.807, 2.05) is 12.1 Å². The fraction of sp³-hybridized carbons (Fsp3) is 0.400. The number of β-lactam (4-membered cyclic amide) rings is 3. The highest BCUT2D eigenvalue weighted by molar-refractivity contribution is 6.11. The van der Waals surface area contributed by atoms with Crippen LogP contribution < -0.4 is 14.7 Å². The summed E-state index contributed by atoms with van der Waals surface area (Å²) in [7, 11) is 0. The lowest BCUT2D eigenvalue weighted by molar-refractivity contribution is -0.123. The first-order chi connectivity index (χ1) is 19.3. The van der Waals surface area contributed by atoms with Crippen LogP contribution in [0.3, 0.4) is 0 Å². The van der Waals surface area contributed by atoms with Crippen molar-refractivity contribution in [2.45, 2.75) is 71.6 Å². The van der Waals surface area contributed by atoms with Crippen molar-refractivity contribution in [2.24, 2.45) is 0 Å². The zero-order valence-electron chi connectivity index (χ0n) is 25.0. The lowest BCUT2D eigenvalue weighted by Crippen LogP contribution is -2.48. The molecule has 0 radical (unpaired) electrons. The average molecular weight is 550 g/mol. The van der Waals surface area contributed by atoms with E-state index in [-0.39, 0.29) is 28.6 Å². The van der Waals surface area contributed by atoms with Gasteiger partial charge in [-0.05, 0) is 50.8 Å². The van der Waals surface area contributed by atoms with E-state index in [0.717, 1.165) is 33.8 Å². The summed E-state index contributed by atoms with van der Waals surface area (Å²) in [5.74, 6) is 0.177. The molecule has 3 aliphatic rings. The van der Waals surface area contributed by atoms with Crippen LogP contribution in [0.25, 0.3) is 22.3 Å². The summed E-state index contributed by atoms with van der Waals surface area (Å²) >= 11 is 0. The number of nitrogens with zero attached hydrogens (tertiary/aromatic N) is 3. The Morgan fingerprint density at radius 1 is 0.488 bits per heavy atom. The number of hydrogen-bond donors (Lipinski definition) is 0. The lowest BCUT2D eigenvalue weighted by atomic mass is 9.79. The number of carbonyl (C=O) groups excluding carboxylic acids is 3. The van der Waals surface area contributed by atoms with Gasteiger partial charge in [-0.1, -0.05) is 84.0 Å². The molecule has 212 valence electrons. The summed E-state index contributed by atoms with van der Waals surface area (Å²) in [6, 6.07) is 19.4. The fourth-order valence-electron chi connectivity index (χ4n) is 5.66. The van der Waals surface area contributed by atoms with E-state index in [9.17, 15) is 14.4 Å². The second-order valence-corrected chi connectivity index (χ2v) is 13.6. The van der Waals surface area contributed by atoms with Crippen LogP contribution in [-0.2, 0) is 25.2 Å². The van der Waals surface area contributed by atoms with Gasteiger partial charge in [0.15, 0.2) is 0 Å². The van der Waals surface area contributed by atoms with Gasteiger partial charge in [-0.15, -0.1) is 0 Å². The summed E-state index contributed by atoms with van der Waals surface area (Å²) in [5.41, 5.74) is 9.12. The van der Waals surface area contributed by atoms with Crippen LogP contribution in [0.15, 0.2) is 54.6 Å². The smallest absolute Gasteiger partial charge is 0.228 e. The molecule has 3 aliphatic heterocycles. The maximum Gasteiger partial charge on any atom is 0.228 e. The minimum Gasteiger partial charge on any atom is -0.311 e. The first-order valence-electron chi connectivity index (χ1n) is 14.7. The fourth-order valence-corrected chi connectivity index (χ4v) is 5.66. The van der Waals surface area contributed by atoms with Gasteiger partial charge in [0.25, 0.3) is 0 Å². The summed E-state index contributed by atoms with van der Waals surface area (Å²) in [5, 5.41) is 0. The third-order valence-corrected chi connectivity index (χ3v) is 8.71. The van der Waals surface area contributed by atoms with Crippen molar-refractivity contribution in [3.63, 3.8) is 0 Å². The van der Waals surface area contributed by atoms with Crippen LogP contribution in [-0.4, -0.2) is 37.4 Å². The highest BCUT2D eigenvalue weighted by Gasteiger charge is 2.36. The van der Waals surface area contributed by atoms with Gasteiger partial charge < -0.3 is 14.7 Å². The van der Waals surface area contributed by atoms with Crippen LogP contribution in [0.5, 0.6) is 0 Å². The Bertz CT molecular complexity index is 1540. The summed E-state index contributed by atoms with van der Waals surface area (Å²) in [6.07, 6.45) is 1.53. The molecule has 3 saturated heterocycles. The molecule has 0 atom stereocenters. The number of benzene rings is 3. The molecule has 3 fully saturated rings. The molecule has 3 heterocycles. The molecule has 0 aromatic heterocycles. The molecule has 41 heavy (non-hydrogen) atoms. The molecular formula is C35H39N3O3. The largest absolute Gasteiger partial charge is 0.311 e. The Hall–Kier alpha value is -3.93. The van der Waals surface area contributed by atoms with Gasteiger partial charge in [0.05, 0.1) is 17.1 Å². The normalized spacial score (nSPS) is 17.4. The zero-order chi connectivity index (χ0) is 29.3. The topological polar surface area (TPSA) is 60.9 Å². The Morgan fingerprint density at radius 3 is 1.29 bits per heavy atom. The molecule has 0 unspecified atom stereocenters. The number of rotatable bonds is 5. The Morgan fingerprint density at radius 2 is 0.902 bits per heavy atom. The molecule has 6 rings (SSSR count). The Balaban J connectivity index is 1.45. The molecule has 0 bridgehead atoms. The number of carbonyl (C=O) groups is 3. The van der Waals surface area contributed by atoms with Crippen LogP contribution in [0.2, 0.25) is 0 Å². The van der Waals surface area contributed by atoms with Crippen molar-refractivity contribution in [3.05, 3.63) is 65.7 Å². The third kappa shape index (κ3) is 4.83. The second kappa shape index (κ2) is 9.57. The van der Waals surface area contributed by atoms with Crippen LogP contribution in [0.1, 0.15) is 71.9 Å². The zero-order valence-corrected chi connectivity index (χ0v) is 25.0. The van der Waals surface area contributed by atoms with E-state index < -0.39 is 0 Å². The van der Waals surface area contributed by atoms with E-state index in [2.05, 4.69) is 84.0 Å². The van der Waals surface area contributed by atoms with E-state index >= 15 is 0 Å². The Kier molecular flexibility index (Phi) is 6.36. The van der Waals surface area contributed by atoms with Crippen molar-refractivity contribution in [3.8, 4) is 22.3 Å². The predicted molar refractivity (Wildman–Crippen MR) is 166 cm³/mol. The minimum absolute atomic E-state index is 0.0267. The molecule has 0 N–H and O–H groups in total. The predicted octanol–water partition coefficient (Wildman–Crippen LogP) is 6.83. The third-order valence-electron chi connectivity index (χ3n) is 8.71. The van der Waals surface area contributed by atoms with Crippen LogP contribution in [0, 0.1) is 0 Å². The van der Waals surface area contributed by atoms with E-state index in [1.165, 1.54) is 16.7 Å². The number of amides is 3. The molecule has 6 nitrogen and oxygen atoms in total. The van der Waals surface area contributed by atoms with Gasteiger partial charge in [0.1, 0.15) is 0 Å². The maximum absolute atomic E-state index is 12.6. The van der Waals surface area contributed by atoms with Crippen molar-refractivity contribution in [2.75, 3.05) is 34.3 Å². The van der Waals surface area contributed by atoms with Crippen molar-refractivity contribution < 1.29 is 14.4 Å². The summed E-state index contributed by atoms with van der Waals surface area (Å²) in [4.78, 5) is 42.9. The molecule has 6 heteroatoms. The van der Waals surface area contributed by atoms with E-state index in [1.54, 1.807) is 14.7 Å². The quantitative estimate of drug-likeness (QED) is 0.328. The van der Waals surface area contributed by atoms with Gasteiger partial charge in [-0.25, -0.2) is 0 Å². The van der Waals surface area contributed by atoms with Gasteiger partial charge >= 0.3 is 0 Å². The Labute approximate surface area is 242 Å². The SMILES string of the molecule is CC(C)(C)c1cc(-c2ccc(-c3cc(N4CCC4=O)c(N4CCC4=O)cc3N3CCC3=O)cc2)cc(C(C)(C)C)c1. The molecule has 0 aliphatic carbocycles. The van der Waals surface area contributed by atoms with E-state index in [4.69, 9.17) is 0 Å². The standard InChI is InChI=1S/C35H39N3O3/c1-34(2,3)25-17-24(18-26(19-25)35(4,5)6)22-7-9-23(10-8-22)27-20-29(37-15-12-32(37)40)30(38-16-13-33(38)41)21-28(27)36-14-11-31(36)39/h7-10,17-21H,11-16H2,1-6H3. The van der Waals surface area contributed by atoms with E-state index in [0.29, 0.717) is 38.9 Å². The van der Waals surface area contributed by atoms with Gasteiger partial charge in [-0.3, -0.25) is 14.4 Å². The lowest BCUT2D eigenvalue weighted by Gasteiger charge is -2.40. The first-order valence-corrected chi connectivity index (χ1v) is 14.7. The maximum atomic E-state index is 12.6. The molecule has 3 amide bonds. The number of hydrogen-bond acceptors (Lipinski definition) is 3. The van der Waals surface area contributed by atoms with Crippen LogP contribution >= 0.6 is 0 Å². The molecule has 3 aromatic carbocycles. The van der Waals surface area contributed by atoms with Gasteiger partial charge in [0.2, 0.25) is 17.7 Å². The molecule has 0 spiro atoms. The van der Waals surface area contributed by atoms with Gasteiger partial charge in [0, 0.05) is 44.5 Å². The molecule has 0 saturated carbocycles. The first kappa shape index (κ1) is 27.3. The summed E-state index contributed by atoms with van der Waals surface area (Å²) < 4.78 is 0. The van der Waals surface area contributed by atoms with Crippen LogP contribution in [0.4, 0.5) is 17.1 Å². The second-order valence-electron chi connectivity index (χ2n) is 13.6. The monoisotopic (exact) mass is 549 g/mol. The molecule has 3 aromatic rings. The minimum atomic E-state index is 0.0267. The average Bonchev–Trinajstić information content (AvgIpc) is 2.90. The van der Waals surface area contributed by atoms with Crippen molar-refractivity contribution in [1.82, 2.24) is 0 Å². The summed E-state index contributed by atoms with van der Waals surface area (Å²) in [6.45, 7) is 15.4. The number of anilines is 3. The van der Waals surface area contributed by atoms with Crippen molar-refractivity contribution >= 4 is 34.8 Å². The van der Waals surface area contributed by atoms with Crippen molar-refractivity contribution in [1.29, 1.82) is 0 Å². The molecular weight excluding hydrogens is 510 g/mol. The highest BCUT2D eigenvalue weighted by Crippen LogP contribution is 2.46. The highest BCUT2D eigenvalue weighted by atomic mass is 16.2.